The minimum absolute atomic E-state index is 0.649. The lowest BCUT2D eigenvalue weighted by Crippen LogP contribution is -2.11. The van der Waals surface area contributed by atoms with Crippen LogP contribution in [0.4, 0.5) is 11.9 Å². The Bertz CT molecular complexity index is 625. The fourth-order valence-electron chi connectivity index (χ4n) is 2.33. The molecule has 0 fully saturated rings. The number of ether oxygens (including phenoxy) is 1. The summed E-state index contributed by atoms with van der Waals surface area (Å²) in [5.74, 6) is 2.33. The van der Waals surface area contributed by atoms with Gasteiger partial charge < -0.3 is 20.3 Å². The number of hydrogen-bond acceptors (Lipinski definition) is 6. The van der Waals surface area contributed by atoms with Gasteiger partial charge in [0.25, 0.3) is 0 Å². The third-order valence-corrected chi connectivity index (χ3v) is 3.37. The second kappa shape index (κ2) is 9.12. The van der Waals surface area contributed by atoms with Crippen LogP contribution >= 0.6 is 0 Å². The highest BCUT2D eigenvalue weighted by molar-refractivity contribution is 5.34. The molecule has 0 saturated heterocycles. The van der Waals surface area contributed by atoms with Gasteiger partial charge in [0.2, 0.25) is 11.9 Å². The third-order valence-electron chi connectivity index (χ3n) is 3.37. The van der Waals surface area contributed by atoms with Gasteiger partial charge in [-0.25, -0.2) is 4.68 Å². The number of nitrogens with one attached hydrogen (secondary N) is 2. The molecule has 0 spiro atoms. The molecule has 0 unspecified atom stereocenters. The molecule has 1 aromatic heterocycles. The van der Waals surface area contributed by atoms with E-state index in [1.165, 1.54) is 5.56 Å². The van der Waals surface area contributed by atoms with E-state index in [4.69, 9.17) is 4.74 Å². The molecular weight excluding hydrogens is 304 g/mol. The number of aromatic nitrogens is 3. The molecule has 1 aromatic carbocycles. The molecule has 0 amide bonds. The van der Waals surface area contributed by atoms with Crippen molar-refractivity contribution in [3.8, 4) is 5.75 Å². The van der Waals surface area contributed by atoms with Crippen LogP contribution in [-0.2, 0) is 13.6 Å². The first-order valence-electron chi connectivity index (χ1n) is 8.33. The van der Waals surface area contributed by atoms with E-state index in [9.17, 15) is 0 Å². The highest BCUT2D eigenvalue weighted by Crippen LogP contribution is 2.14. The van der Waals surface area contributed by atoms with E-state index in [1.54, 1.807) is 4.68 Å². The fourth-order valence-corrected chi connectivity index (χ4v) is 2.33. The van der Waals surface area contributed by atoms with Crippen molar-refractivity contribution in [3.05, 3.63) is 29.8 Å². The van der Waals surface area contributed by atoms with Gasteiger partial charge in [0.15, 0.2) is 0 Å². The van der Waals surface area contributed by atoms with Crippen LogP contribution in [0.2, 0.25) is 0 Å². The predicted molar refractivity (Wildman–Crippen MR) is 97.6 cm³/mol. The van der Waals surface area contributed by atoms with E-state index in [1.807, 2.05) is 26.1 Å². The maximum atomic E-state index is 5.83. The summed E-state index contributed by atoms with van der Waals surface area (Å²) in [7, 11) is 6.00. The standard InChI is InChI=1S/C17H28N6O/c1-5-18-16-20-17(23(4)21-16)19-10-7-11-24-15-9-6-8-14(12-15)13-22(2)3/h6,8-9,12H,5,7,10-11,13H2,1-4H3,(H2,18,19,20,21). The summed E-state index contributed by atoms with van der Waals surface area (Å²) < 4.78 is 7.57. The molecule has 0 atom stereocenters. The van der Waals surface area contributed by atoms with Gasteiger partial charge in [-0.05, 0) is 45.1 Å². The second-order valence-corrected chi connectivity index (χ2v) is 5.93. The summed E-state index contributed by atoms with van der Waals surface area (Å²) in [6.45, 7) is 5.20. The van der Waals surface area contributed by atoms with Crippen LogP contribution in [0.5, 0.6) is 5.75 Å². The Morgan fingerprint density at radius 2 is 2.08 bits per heavy atom. The minimum Gasteiger partial charge on any atom is -0.494 e. The number of anilines is 2. The molecule has 2 rings (SSSR count). The largest absolute Gasteiger partial charge is 0.494 e. The van der Waals surface area contributed by atoms with E-state index in [0.29, 0.717) is 12.6 Å². The van der Waals surface area contributed by atoms with Crippen LogP contribution in [0.25, 0.3) is 0 Å². The van der Waals surface area contributed by atoms with Crippen molar-refractivity contribution in [3.63, 3.8) is 0 Å². The Balaban J connectivity index is 1.71. The zero-order valence-corrected chi connectivity index (χ0v) is 15.0. The van der Waals surface area contributed by atoms with E-state index >= 15 is 0 Å². The van der Waals surface area contributed by atoms with Crippen LogP contribution in [0.1, 0.15) is 18.9 Å². The molecule has 24 heavy (non-hydrogen) atoms. The van der Waals surface area contributed by atoms with Gasteiger partial charge >= 0.3 is 0 Å². The van der Waals surface area contributed by atoms with Crippen molar-refractivity contribution < 1.29 is 4.74 Å². The van der Waals surface area contributed by atoms with Crippen molar-refractivity contribution in [2.75, 3.05) is 44.4 Å². The Kier molecular flexibility index (Phi) is 6.87. The number of nitrogens with zero attached hydrogens (tertiary/aromatic N) is 4. The second-order valence-electron chi connectivity index (χ2n) is 5.93. The molecule has 0 bridgehead atoms. The number of benzene rings is 1. The monoisotopic (exact) mass is 332 g/mol. The molecule has 0 aliphatic rings. The molecule has 0 radical (unpaired) electrons. The average Bonchev–Trinajstić information content (AvgIpc) is 2.87. The van der Waals surface area contributed by atoms with Gasteiger partial charge in [-0.15, -0.1) is 5.10 Å². The Morgan fingerprint density at radius 1 is 1.25 bits per heavy atom. The van der Waals surface area contributed by atoms with Crippen molar-refractivity contribution in [2.45, 2.75) is 19.9 Å². The molecule has 0 aliphatic carbocycles. The fraction of sp³-hybridized carbons (Fsp3) is 0.529. The molecule has 1 heterocycles. The van der Waals surface area contributed by atoms with Crippen molar-refractivity contribution in [1.29, 1.82) is 0 Å². The van der Waals surface area contributed by atoms with Gasteiger partial charge in [0.05, 0.1) is 6.61 Å². The summed E-state index contributed by atoms with van der Waals surface area (Å²) in [4.78, 5) is 6.52. The zero-order chi connectivity index (χ0) is 17.4. The van der Waals surface area contributed by atoms with Gasteiger partial charge in [0.1, 0.15) is 5.75 Å². The van der Waals surface area contributed by atoms with Gasteiger partial charge in [-0.1, -0.05) is 12.1 Å². The lowest BCUT2D eigenvalue weighted by Gasteiger charge is -2.12. The SMILES string of the molecule is CCNc1nc(NCCCOc2cccc(CN(C)C)c2)n(C)n1. The van der Waals surface area contributed by atoms with E-state index in [2.05, 4.69) is 51.8 Å². The normalized spacial score (nSPS) is 10.9. The van der Waals surface area contributed by atoms with Gasteiger partial charge in [-0.2, -0.15) is 4.98 Å². The molecule has 7 nitrogen and oxygen atoms in total. The van der Waals surface area contributed by atoms with Crippen LogP contribution in [0.3, 0.4) is 0 Å². The van der Waals surface area contributed by atoms with E-state index in [0.717, 1.165) is 37.8 Å². The summed E-state index contributed by atoms with van der Waals surface area (Å²) in [6.07, 6.45) is 0.890. The first-order valence-corrected chi connectivity index (χ1v) is 8.33. The molecule has 2 aromatic rings. The number of hydrogen-bond donors (Lipinski definition) is 2. The smallest absolute Gasteiger partial charge is 0.243 e. The maximum Gasteiger partial charge on any atom is 0.243 e. The molecule has 0 aliphatic heterocycles. The maximum absolute atomic E-state index is 5.83. The number of rotatable bonds is 10. The van der Waals surface area contributed by atoms with Crippen molar-refractivity contribution in [2.24, 2.45) is 7.05 Å². The van der Waals surface area contributed by atoms with E-state index in [-0.39, 0.29) is 0 Å². The Labute approximate surface area is 144 Å². The first-order chi connectivity index (χ1) is 11.6. The number of aryl methyl sites for hydroxylation is 1. The average molecular weight is 332 g/mol. The van der Waals surface area contributed by atoms with E-state index < -0.39 is 0 Å². The zero-order valence-electron chi connectivity index (χ0n) is 15.0. The third kappa shape index (κ3) is 5.73. The molecule has 2 N–H and O–H groups in total. The van der Waals surface area contributed by atoms with Crippen molar-refractivity contribution >= 4 is 11.9 Å². The lowest BCUT2D eigenvalue weighted by molar-refractivity contribution is 0.313. The van der Waals surface area contributed by atoms with Gasteiger partial charge in [-0.3, -0.25) is 0 Å². The summed E-state index contributed by atoms with van der Waals surface area (Å²) in [5.41, 5.74) is 1.26. The van der Waals surface area contributed by atoms with Crippen LogP contribution in [0.15, 0.2) is 24.3 Å². The Hall–Kier alpha value is -2.28. The molecule has 7 heteroatoms. The molecule has 0 saturated carbocycles. The predicted octanol–water partition coefficient (Wildman–Crippen LogP) is 2.19. The summed E-state index contributed by atoms with van der Waals surface area (Å²) in [6, 6.07) is 8.25. The summed E-state index contributed by atoms with van der Waals surface area (Å²) >= 11 is 0. The quantitative estimate of drug-likeness (QED) is 0.650. The summed E-state index contributed by atoms with van der Waals surface area (Å²) in [5, 5.41) is 10.7. The highest BCUT2D eigenvalue weighted by atomic mass is 16.5. The van der Waals surface area contributed by atoms with Gasteiger partial charge in [0, 0.05) is 26.7 Å². The lowest BCUT2D eigenvalue weighted by atomic mass is 10.2. The van der Waals surface area contributed by atoms with Crippen LogP contribution in [-0.4, -0.2) is 53.5 Å². The topological polar surface area (TPSA) is 67.2 Å². The van der Waals surface area contributed by atoms with Crippen molar-refractivity contribution in [1.82, 2.24) is 19.7 Å². The first kappa shape index (κ1) is 18.1. The Morgan fingerprint density at radius 3 is 2.83 bits per heavy atom. The highest BCUT2D eigenvalue weighted by Gasteiger charge is 2.05. The van der Waals surface area contributed by atoms with Crippen LogP contribution < -0.4 is 15.4 Å². The molecular formula is C17H28N6O. The molecule has 132 valence electrons. The minimum atomic E-state index is 0.649. The van der Waals surface area contributed by atoms with Crippen LogP contribution in [0, 0.1) is 0 Å².